The highest BCUT2D eigenvalue weighted by molar-refractivity contribution is 7.99. The highest BCUT2D eigenvalue weighted by atomic mass is 32.2. The summed E-state index contributed by atoms with van der Waals surface area (Å²) in [7, 11) is 0. The van der Waals surface area contributed by atoms with Crippen LogP contribution in [0.3, 0.4) is 0 Å². The van der Waals surface area contributed by atoms with E-state index >= 15 is 0 Å². The monoisotopic (exact) mass is 329 g/mol. The Morgan fingerprint density at radius 2 is 2.18 bits per heavy atom. The van der Waals surface area contributed by atoms with E-state index in [4.69, 9.17) is 4.74 Å². The predicted octanol–water partition coefficient (Wildman–Crippen LogP) is 1.09. The van der Waals surface area contributed by atoms with Gasteiger partial charge in [-0.3, -0.25) is 4.79 Å². The van der Waals surface area contributed by atoms with Crippen molar-refractivity contribution < 1.29 is 9.53 Å². The van der Waals surface area contributed by atoms with Gasteiger partial charge in [-0.1, -0.05) is 0 Å². The second-order valence-corrected chi connectivity index (χ2v) is 7.68. The van der Waals surface area contributed by atoms with E-state index in [2.05, 4.69) is 29.4 Å². The lowest BCUT2D eigenvalue weighted by Crippen LogP contribution is -2.47. The van der Waals surface area contributed by atoms with Gasteiger partial charge in [-0.15, -0.1) is 0 Å². The summed E-state index contributed by atoms with van der Waals surface area (Å²) in [4.78, 5) is 14.5. The van der Waals surface area contributed by atoms with Crippen LogP contribution in [0.1, 0.15) is 33.1 Å². The summed E-state index contributed by atoms with van der Waals surface area (Å²) in [6, 6.07) is 0.707. The summed E-state index contributed by atoms with van der Waals surface area (Å²) in [5.41, 5.74) is 0. The van der Waals surface area contributed by atoms with Crippen LogP contribution >= 0.6 is 11.8 Å². The summed E-state index contributed by atoms with van der Waals surface area (Å²) in [5, 5.41) is 6.64. The third-order valence-corrected chi connectivity index (χ3v) is 5.37. The third-order valence-electron chi connectivity index (χ3n) is 4.24. The molecule has 0 aromatic heterocycles. The number of amides is 1. The number of thioether (sulfide) groups is 1. The van der Waals surface area contributed by atoms with Crippen LogP contribution in [-0.4, -0.2) is 73.3 Å². The first-order valence-electron chi connectivity index (χ1n) is 8.58. The fourth-order valence-electron chi connectivity index (χ4n) is 2.98. The molecule has 2 aliphatic heterocycles. The van der Waals surface area contributed by atoms with E-state index in [1.54, 1.807) is 0 Å². The molecule has 2 N–H and O–H groups in total. The van der Waals surface area contributed by atoms with Gasteiger partial charge < -0.3 is 20.3 Å². The van der Waals surface area contributed by atoms with Crippen LogP contribution < -0.4 is 10.6 Å². The zero-order chi connectivity index (χ0) is 15.8. The van der Waals surface area contributed by atoms with E-state index in [0.29, 0.717) is 24.6 Å². The quantitative estimate of drug-likeness (QED) is 0.732. The highest BCUT2D eigenvalue weighted by Gasteiger charge is 2.22. The molecule has 2 heterocycles. The van der Waals surface area contributed by atoms with Crippen molar-refractivity contribution in [1.82, 2.24) is 15.5 Å². The molecule has 0 spiro atoms. The van der Waals surface area contributed by atoms with Gasteiger partial charge in [-0.05, 0) is 26.7 Å². The van der Waals surface area contributed by atoms with E-state index in [1.807, 2.05) is 11.8 Å². The minimum absolute atomic E-state index is 0.210. The standard InChI is InChI=1S/C16H31N3O2S/c1-13(2)21-9-8-19-6-3-14(4-7-19)18-16(20)11-15-12-22-10-5-17-15/h13-15,17H,3-12H2,1-2H3,(H,18,20). The highest BCUT2D eigenvalue weighted by Crippen LogP contribution is 2.13. The van der Waals surface area contributed by atoms with Crippen molar-refractivity contribution >= 4 is 17.7 Å². The first-order chi connectivity index (χ1) is 10.6. The topological polar surface area (TPSA) is 53.6 Å². The summed E-state index contributed by atoms with van der Waals surface area (Å²) in [5.74, 6) is 2.43. The molecule has 2 saturated heterocycles. The second kappa shape index (κ2) is 9.75. The fraction of sp³-hybridized carbons (Fsp3) is 0.938. The van der Waals surface area contributed by atoms with Crippen molar-refractivity contribution in [2.75, 3.05) is 44.3 Å². The molecule has 0 aromatic carbocycles. The Kier molecular flexibility index (Phi) is 8.00. The SMILES string of the molecule is CC(C)OCCN1CCC(NC(=O)CC2CSCCN2)CC1. The van der Waals surface area contributed by atoms with E-state index in [-0.39, 0.29) is 5.91 Å². The molecular weight excluding hydrogens is 298 g/mol. The number of ether oxygens (including phenoxy) is 1. The molecule has 6 heteroatoms. The number of likely N-dealkylation sites (tertiary alicyclic amines) is 1. The first kappa shape index (κ1) is 18.0. The molecule has 2 fully saturated rings. The summed E-state index contributed by atoms with van der Waals surface area (Å²) in [6.07, 6.45) is 3.04. The normalized spacial score (nSPS) is 24.6. The third kappa shape index (κ3) is 6.86. The molecular formula is C16H31N3O2S. The maximum absolute atomic E-state index is 12.1. The van der Waals surface area contributed by atoms with E-state index in [1.165, 1.54) is 0 Å². The summed E-state index contributed by atoms with van der Waals surface area (Å²) >= 11 is 1.94. The van der Waals surface area contributed by atoms with Crippen molar-refractivity contribution in [3.05, 3.63) is 0 Å². The van der Waals surface area contributed by atoms with Gasteiger partial charge in [-0.25, -0.2) is 0 Å². The van der Waals surface area contributed by atoms with Gasteiger partial charge in [0.15, 0.2) is 0 Å². The van der Waals surface area contributed by atoms with Crippen molar-refractivity contribution in [2.45, 2.75) is 51.3 Å². The maximum Gasteiger partial charge on any atom is 0.221 e. The lowest BCUT2D eigenvalue weighted by Gasteiger charge is -2.32. The summed E-state index contributed by atoms with van der Waals surface area (Å²) in [6.45, 7) is 9.10. The van der Waals surface area contributed by atoms with Crippen molar-refractivity contribution in [3.63, 3.8) is 0 Å². The molecule has 1 unspecified atom stereocenters. The molecule has 22 heavy (non-hydrogen) atoms. The van der Waals surface area contributed by atoms with E-state index in [0.717, 1.165) is 57.1 Å². The molecule has 0 bridgehead atoms. The number of carbonyl (C=O) groups excluding carboxylic acids is 1. The minimum atomic E-state index is 0.210. The maximum atomic E-state index is 12.1. The van der Waals surface area contributed by atoms with Gasteiger partial charge in [0.25, 0.3) is 0 Å². The largest absolute Gasteiger partial charge is 0.377 e. The molecule has 0 aliphatic carbocycles. The Labute approximate surface area is 138 Å². The predicted molar refractivity (Wildman–Crippen MR) is 92.4 cm³/mol. The van der Waals surface area contributed by atoms with E-state index in [9.17, 15) is 4.79 Å². The average molecular weight is 330 g/mol. The lowest BCUT2D eigenvalue weighted by atomic mass is 10.0. The van der Waals surface area contributed by atoms with E-state index < -0.39 is 0 Å². The number of nitrogens with zero attached hydrogens (tertiary/aromatic N) is 1. The zero-order valence-electron chi connectivity index (χ0n) is 14.0. The average Bonchev–Trinajstić information content (AvgIpc) is 2.49. The van der Waals surface area contributed by atoms with Crippen molar-refractivity contribution in [1.29, 1.82) is 0 Å². The Morgan fingerprint density at radius 1 is 1.41 bits per heavy atom. The number of rotatable bonds is 7. The lowest BCUT2D eigenvalue weighted by molar-refractivity contribution is -0.122. The van der Waals surface area contributed by atoms with Crippen molar-refractivity contribution in [3.8, 4) is 0 Å². The second-order valence-electron chi connectivity index (χ2n) is 6.53. The van der Waals surface area contributed by atoms with Crippen LogP contribution in [-0.2, 0) is 9.53 Å². The number of piperidine rings is 1. The van der Waals surface area contributed by atoms with Crippen LogP contribution in [0.15, 0.2) is 0 Å². The molecule has 5 nitrogen and oxygen atoms in total. The van der Waals surface area contributed by atoms with Gasteiger partial charge >= 0.3 is 0 Å². The van der Waals surface area contributed by atoms with Crippen LogP contribution in [0.2, 0.25) is 0 Å². The molecule has 0 saturated carbocycles. The molecule has 128 valence electrons. The Hall–Kier alpha value is -0.300. The molecule has 2 rings (SSSR count). The fourth-order valence-corrected chi connectivity index (χ4v) is 3.93. The molecule has 0 radical (unpaired) electrons. The smallest absolute Gasteiger partial charge is 0.221 e. The number of hydrogen-bond acceptors (Lipinski definition) is 5. The number of hydrogen-bond donors (Lipinski definition) is 2. The Morgan fingerprint density at radius 3 is 2.82 bits per heavy atom. The van der Waals surface area contributed by atoms with Gasteiger partial charge in [-0.2, -0.15) is 11.8 Å². The molecule has 1 amide bonds. The first-order valence-corrected chi connectivity index (χ1v) is 9.73. The summed E-state index contributed by atoms with van der Waals surface area (Å²) < 4.78 is 5.60. The molecule has 2 aliphatic rings. The van der Waals surface area contributed by atoms with Gasteiger partial charge in [0.1, 0.15) is 0 Å². The van der Waals surface area contributed by atoms with Gasteiger partial charge in [0, 0.05) is 56.2 Å². The Balaban J connectivity index is 1.57. The minimum Gasteiger partial charge on any atom is -0.377 e. The Bertz CT molecular complexity index is 327. The van der Waals surface area contributed by atoms with Crippen LogP contribution in [0, 0.1) is 0 Å². The van der Waals surface area contributed by atoms with Crippen LogP contribution in [0.4, 0.5) is 0 Å². The number of carbonyl (C=O) groups is 1. The zero-order valence-corrected chi connectivity index (χ0v) is 14.8. The van der Waals surface area contributed by atoms with Crippen LogP contribution in [0.25, 0.3) is 0 Å². The van der Waals surface area contributed by atoms with Crippen molar-refractivity contribution in [2.24, 2.45) is 0 Å². The molecule has 0 aromatic rings. The number of nitrogens with one attached hydrogen (secondary N) is 2. The molecule has 1 atom stereocenters. The van der Waals surface area contributed by atoms with Crippen LogP contribution in [0.5, 0.6) is 0 Å². The van der Waals surface area contributed by atoms with Gasteiger partial charge in [0.05, 0.1) is 12.7 Å². The van der Waals surface area contributed by atoms with Gasteiger partial charge in [0.2, 0.25) is 5.91 Å².